The smallest absolute Gasteiger partial charge is 0.283 e. The number of benzene rings is 2. The average Bonchev–Trinajstić information content (AvgIpc) is 3.45. The molecule has 10 nitrogen and oxygen atoms in total. The molecule has 0 amide bonds. The number of rotatable bonds is 6. The topological polar surface area (TPSA) is 114 Å². The van der Waals surface area contributed by atoms with Gasteiger partial charge in [-0.3, -0.25) is 9.36 Å². The van der Waals surface area contributed by atoms with Crippen molar-refractivity contribution in [1.82, 2.24) is 34.7 Å². The molecule has 0 bridgehead atoms. The van der Waals surface area contributed by atoms with Crippen molar-refractivity contribution in [3.05, 3.63) is 82.2 Å². The molecule has 160 valence electrons. The molecular formula is C22H19N7O3. The van der Waals surface area contributed by atoms with E-state index in [4.69, 9.17) is 9.26 Å². The molecule has 0 N–H and O–H groups in total. The molecule has 0 unspecified atom stereocenters. The first-order valence-corrected chi connectivity index (χ1v) is 9.92. The van der Waals surface area contributed by atoms with Crippen LogP contribution in [0.25, 0.3) is 22.6 Å². The molecule has 0 aliphatic heterocycles. The minimum Gasteiger partial charge on any atom is -0.497 e. The van der Waals surface area contributed by atoms with Gasteiger partial charge < -0.3 is 9.26 Å². The Morgan fingerprint density at radius 3 is 2.75 bits per heavy atom. The van der Waals surface area contributed by atoms with Crippen LogP contribution in [0.5, 0.6) is 5.75 Å². The summed E-state index contributed by atoms with van der Waals surface area (Å²) in [5.41, 5.74) is 3.25. The van der Waals surface area contributed by atoms with E-state index in [9.17, 15) is 4.79 Å². The molecule has 3 heterocycles. The van der Waals surface area contributed by atoms with Crippen LogP contribution in [0, 0.1) is 6.92 Å². The van der Waals surface area contributed by atoms with Gasteiger partial charge in [0.15, 0.2) is 11.2 Å². The van der Waals surface area contributed by atoms with Crippen LogP contribution in [0.4, 0.5) is 0 Å². The SMILES string of the molecule is COc1cccc(-c2noc(Cn3cnc4c(nnn4Cc4ccc(C)cc4)c3=O)n2)c1. The normalized spacial score (nSPS) is 11.2. The monoisotopic (exact) mass is 429 g/mol. The minimum atomic E-state index is -0.328. The number of nitrogens with zero attached hydrogens (tertiary/aromatic N) is 7. The van der Waals surface area contributed by atoms with E-state index in [2.05, 4.69) is 25.4 Å². The lowest BCUT2D eigenvalue weighted by atomic mass is 10.1. The third kappa shape index (κ3) is 3.73. The molecule has 2 aromatic carbocycles. The van der Waals surface area contributed by atoms with Gasteiger partial charge in [-0.25, -0.2) is 9.67 Å². The molecule has 0 saturated carbocycles. The van der Waals surface area contributed by atoms with E-state index < -0.39 is 0 Å². The maximum absolute atomic E-state index is 12.9. The van der Waals surface area contributed by atoms with Crippen molar-refractivity contribution in [3.8, 4) is 17.1 Å². The van der Waals surface area contributed by atoms with Crippen LogP contribution >= 0.6 is 0 Å². The van der Waals surface area contributed by atoms with E-state index in [1.165, 1.54) is 16.5 Å². The summed E-state index contributed by atoms with van der Waals surface area (Å²) in [4.78, 5) is 21.7. The van der Waals surface area contributed by atoms with Crippen LogP contribution < -0.4 is 10.3 Å². The van der Waals surface area contributed by atoms with Crippen LogP contribution in [0.15, 0.2) is 64.2 Å². The van der Waals surface area contributed by atoms with Gasteiger partial charge in [-0.05, 0) is 24.6 Å². The van der Waals surface area contributed by atoms with Gasteiger partial charge in [-0.1, -0.05) is 52.3 Å². The van der Waals surface area contributed by atoms with Gasteiger partial charge in [0.2, 0.25) is 11.7 Å². The predicted molar refractivity (Wildman–Crippen MR) is 115 cm³/mol. The number of aromatic nitrogens is 7. The van der Waals surface area contributed by atoms with Gasteiger partial charge in [0.25, 0.3) is 5.56 Å². The van der Waals surface area contributed by atoms with Gasteiger partial charge in [0, 0.05) is 5.56 Å². The van der Waals surface area contributed by atoms with Crippen LogP contribution in [0.2, 0.25) is 0 Å². The van der Waals surface area contributed by atoms with Gasteiger partial charge in [-0.2, -0.15) is 4.98 Å². The summed E-state index contributed by atoms with van der Waals surface area (Å²) >= 11 is 0. The van der Waals surface area contributed by atoms with Crippen molar-refractivity contribution in [2.45, 2.75) is 20.0 Å². The highest BCUT2D eigenvalue weighted by Gasteiger charge is 2.15. The third-order valence-electron chi connectivity index (χ3n) is 5.05. The van der Waals surface area contributed by atoms with Crippen LogP contribution in [-0.2, 0) is 13.1 Å². The highest BCUT2D eigenvalue weighted by molar-refractivity contribution is 5.67. The first-order chi connectivity index (χ1) is 15.6. The maximum atomic E-state index is 12.9. The van der Waals surface area contributed by atoms with E-state index in [1.54, 1.807) is 17.9 Å². The zero-order valence-corrected chi connectivity index (χ0v) is 17.5. The summed E-state index contributed by atoms with van der Waals surface area (Å²) in [6.07, 6.45) is 1.44. The fourth-order valence-corrected chi connectivity index (χ4v) is 3.32. The summed E-state index contributed by atoms with van der Waals surface area (Å²) in [5.74, 6) is 1.37. The molecule has 5 rings (SSSR count). The van der Waals surface area contributed by atoms with Crippen molar-refractivity contribution < 1.29 is 9.26 Å². The molecule has 0 aliphatic carbocycles. The van der Waals surface area contributed by atoms with E-state index >= 15 is 0 Å². The number of fused-ring (bicyclic) bond motifs is 1. The lowest BCUT2D eigenvalue weighted by Gasteiger charge is -2.04. The second-order valence-electron chi connectivity index (χ2n) is 7.33. The number of aryl methyl sites for hydroxylation is 1. The molecule has 32 heavy (non-hydrogen) atoms. The van der Waals surface area contributed by atoms with Crippen molar-refractivity contribution in [2.75, 3.05) is 7.11 Å². The molecule has 3 aromatic heterocycles. The standard InChI is InChI=1S/C22H19N7O3/c1-14-6-8-15(9-7-14)11-29-21-19(25-27-29)22(30)28(13-23-21)12-18-24-20(26-32-18)16-4-3-5-17(10-16)31-2/h3-10,13H,11-12H2,1-2H3. The van der Waals surface area contributed by atoms with Crippen molar-refractivity contribution >= 4 is 11.2 Å². The molecular weight excluding hydrogens is 410 g/mol. The molecule has 5 aromatic rings. The van der Waals surface area contributed by atoms with E-state index in [0.717, 1.165) is 11.1 Å². The Kier molecular flexibility index (Phi) is 4.94. The minimum absolute atomic E-state index is 0.0730. The molecule has 0 atom stereocenters. The Labute approximate surface area is 182 Å². The van der Waals surface area contributed by atoms with Gasteiger partial charge >= 0.3 is 0 Å². The summed E-state index contributed by atoms with van der Waals surface area (Å²) in [5, 5.41) is 12.1. The van der Waals surface area contributed by atoms with Crippen LogP contribution in [0.3, 0.4) is 0 Å². The summed E-state index contributed by atoms with van der Waals surface area (Å²) in [6.45, 7) is 2.58. The maximum Gasteiger partial charge on any atom is 0.283 e. The quantitative estimate of drug-likeness (QED) is 0.404. The first-order valence-electron chi connectivity index (χ1n) is 9.92. The predicted octanol–water partition coefficient (Wildman–Crippen LogP) is 2.45. The Bertz CT molecular complexity index is 1450. The molecule has 10 heteroatoms. The highest BCUT2D eigenvalue weighted by atomic mass is 16.5. The Morgan fingerprint density at radius 2 is 1.94 bits per heavy atom. The fraction of sp³-hybridized carbons (Fsp3) is 0.182. The third-order valence-corrected chi connectivity index (χ3v) is 5.05. The average molecular weight is 429 g/mol. The second kappa shape index (κ2) is 8.06. The number of hydrogen-bond donors (Lipinski definition) is 0. The number of hydrogen-bond acceptors (Lipinski definition) is 8. The number of methoxy groups -OCH3 is 1. The summed E-state index contributed by atoms with van der Waals surface area (Å²) in [6, 6.07) is 15.4. The van der Waals surface area contributed by atoms with E-state index in [-0.39, 0.29) is 23.5 Å². The molecule has 0 spiro atoms. The van der Waals surface area contributed by atoms with Gasteiger partial charge in [0.05, 0.1) is 13.7 Å². The van der Waals surface area contributed by atoms with E-state index in [1.807, 2.05) is 49.4 Å². The van der Waals surface area contributed by atoms with Gasteiger partial charge in [0.1, 0.15) is 18.6 Å². The zero-order chi connectivity index (χ0) is 22.1. The molecule has 0 fully saturated rings. The molecule has 0 aliphatic rings. The molecule has 0 radical (unpaired) electrons. The second-order valence-corrected chi connectivity index (χ2v) is 7.33. The molecule has 0 saturated heterocycles. The first kappa shape index (κ1) is 19.6. The highest BCUT2D eigenvalue weighted by Crippen LogP contribution is 2.21. The van der Waals surface area contributed by atoms with Gasteiger partial charge in [-0.15, -0.1) is 5.10 Å². The number of ether oxygens (including phenoxy) is 1. The summed E-state index contributed by atoms with van der Waals surface area (Å²) in [7, 11) is 1.59. The Morgan fingerprint density at radius 1 is 1.09 bits per heavy atom. The summed E-state index contributed by atoms with van der Waals surface area (Å²) < 4.78 is 13.5. The lowest BCUT2D eigenvalue weighted by Crippen LogP contribution is -2.21. The van der Waals surface area contributed by atoms with Crippen LogP contribution in [-0.4, -0.2) is 41.8 Å². The Hall–Kier alpha value is -4.34. The lowest BCUT2D eigenvalue weighted by molar-refractivity contribution is 0.369. The Balaban J connectivity index is 1.40. The zero-order valence-electron chi connectivity index (χ0n) is 17.5. The van der Waals surface area contributed by atoms with Crippen molar-refractivity contribution in [3.63, 3.8) is 0 Å². The van der Waals surface area contributed by atoms with E-state index in [0.29, 0.717) is 23.8 Å². The fourth-order valence-electron chi connectivity index (χ4n) is 3.32. The van der Waals surface area contributed by atoms with Crippen LogP contribution in [0.1, 0.15) is 17.0 Å². The largest absolute Gasteiger partial charge is 0.497 e. The van der Waals surface area contributed by atoms with Crippen molar-refractivity contribution in [2.24, 2.45) is 0 Å². The van der Waals surface area contributed by atoms with Crippen molar-refractivity contribution in [1.29, 1.82) is 0 Å².